The topological polar surface area (TPSA) is 20.2 Å². The molecule has 60 valence electrons. The highest BCUT2D eigenvalue weighted by atomic mass is 19.1. The van der Waals surface area contributed by atoms with Crippen molar-refractivity contribution in [2.24, 2.45) is 0 Å². The molecule has 1 aromatic rings. The smallest absolute Gasteiger partial charge is 0.129 e. The quantitative estimate of drug-likeness (QED) is 0.658. The van der Waals surface area contributed by atoms with E-state index in [0.29, 0.717) is 17.5 Å². The number of hydrogen-bond acceptors (Lipinski definition) is 1. The van der Waals surface area contributed by atoms with E-state index in [9.17, 15) is 4.39 Å². The van der Waals surface area contributed by atoms with Crippen molar-refractivity contribution in [3.05, 3.63) is 29.1 Å². The minimum atomic E-state index is -0.203. The Bertz CT molecular complexity index is 269. The number of phenols is 1. The van der Waals surface area contributed by atoms with Crippen LogP contribution >= 0.6 is 0 Å². The van der Waals surface area contributed by atoms with Gasteiger partial charge < -0.3 is 5.11 Å². The molecule has 2 heteroatoms. The van der Waals surface area contributed by atoms with Crippen LogP contribution in [0.15, 0.2) is 12.1 Å². The van der Waals surface area contributed by atoms with Crippen LogP contribution in [0.5, 0.6) is 5.75 Å². The molecule has 0 aliphatic carbocycles. The highest BCUT2D eigenvalue weighted by molar-refractivity contribution is 5.34. The summed E-state index contributed by atoms with van der Waals surface area (Å²) in [5, 5.41) is 9.08. The van der Waals surface area contributed by atoms with Gasteiger partial charge in [-0.2, -0.15) is 0 Å². The molecule has 0 saturated heterocycles. The fourth-order valence-corrected chi connectivity index (χ4v) is 1.08. The third kappa shape index (κ3) is 1.50. The average molecular weight is 154 g/mol. The van der Waals surface area contributed by atoms with E-state index in [4.69, 9.17) is 5.11 Å². The third-order valence-electron chi connectivity index (χ3n) is 1.70. The summed E-state index contributed by atoms with van der Waals surface area (Å²) in [4.78, 5) is 0. The molecule has 0 bridgehead atoms. The molecule has 0 atom stereocenters. The summed E-state index contributed by atoms with van der Waals surface area (Å²) in [6, 6.07) is 2.89. The standard InChI is InChI=1S/C9H11FO/c1-3-7-5-8(11)4-6(2)9(7)10/h4-5,11H,3H2,1-2H3. The summed E-state index contributed by atoms with van der Waals surface area (Å²) < 4.78 is 13.1. The van der Waals surface area contributed by atoms with Crippen LogP contribution in [-0.4, -0.2) is 5.11 Å². The van der Waals surface area contributed by atoms with Crippen molar-refractivity contribution in [1.29, 1.82) is 0 Å². The van der Waals surface area contributed by atoms with Crippen molar-refractivity contribution >= 4 is 0 Å². The van der Waals surface area contributed by atoms with Gasteiger partial charge in [0.2, 0.25) is 0 Å². The van der Waals surface area contributed by atoms with Gasteiger partial charge in [0.1, 0.15) is 11.6 Å². The van der Waals surface area contributed by atoms with Gasteiger partial charge in [-0.3, -0.25) is 0 Å². The van der Waals surface area contributed by atoms with Gasteiger partial charge in [0.15, 0.2) is 0 Å². The van der Waals surface area contributed by atoms with E-state index in [0.717, 1.165) is 0 Å². The van der Waals surface area contributed by atoms with E-state index in [1.165, 1.54) is 12.1 Å². The molecule has 0 aliphatic heterocycles. The first-order valence-electron chi connectivity index (χ1n) is 3.63. The zero-order valence-electron chi connectivity index (χ0n) is 6.69. The van der Waals surface area contributed by atoms with Gasteiger partial charge in [0.25, 0.3) is 0 Å². The minimum absolute atomic E-state index is 0.140. The van der Waals surface area contributed by atoms with E-state index in [1.54, 1.807) is 6.92 Å². The molecule has 1 nitrogen and oxygen atoms in total. The molecule has 0 aliphatic rings. The maximum absolute atomic E-state index is 13.1. The lowest BCUT2D eigenvalue weighted by Gasteiger charge is -2.03. The Morgan fingerprint density at radius 1 is 1.45 bits per heavy atom. The van der Waals surface area contributed by atoms with Crippen molar-refractivity contribution in [2.45, 2.75) is 20.3 Å². The third-order valence-corrected chi connectivity index (χ3v) is 1.70. The van der Waals surface area contributed by atoms with E-state index in [2.05, 4.69) is 0 Å². The summed E-state index contributed by atoms with van der Waals surface area (Å²) >= 11 is 0. The van der Waals surface area contributed by atoms with E-state index in [1.807, 2.05) is 6.92 Å². The van der Waals surface area contributed by atoms with E-state index >= 15 is 0 Å². The second-order valence-electron chi connectivity index (χ2n) is 2.59. The molecule has 0 saturated carbocycles. The van der Waals surface area contributed by atoms with Crippen LogP contribution in [0, 0.1) is 12.7 Å². The van der Waals surface area contributed by atoms with Gasteiger partial charge in [0.05, 0.1) is 0 Å². The lowest BCUT2D eigenvalue weighted by molar-refractivity contribution is 0.470. The Kier molecular flexibility index (Phi) is 2.13. The largest absolute Gasteiger partial charge is 0.508 e. The van der Waals surface area contributed by atoms with Crippen LogP contribution in [0.1, 0.15) is 18.1 Å². The lowest BCUT2D eigenvalue weighted by Crippen LogP contribution is -1.90. The van der Waals surface area contributed by atoms with Crippen LogP contribution < -0.4 is 0 Å². The molecule has 0 heterocycles. The van der Waals surface area contributed by atoms with Crippen LogP contribution in [0.25, 0.3) is 0 Å². The number of benzene rings is 1. The van der Waals surface area contributed by atoms with Crippen molar-refractivity contribution in [3.63, 3.8) is 0 Å². The molecular formula is C9H11FO. The first-order chi connectivity index (χ1) is 5.15. The van der Waals surface area contributed by atoms with Crippen LogP contribution in [0.4, 0.5) is 4.39 Å². The van der Waals surface area contributed by atoms with Crippen LogP contribution in [0.2, 0.25) is 0 Å². The SMILES string of the molecule is CCc1cc(O)cc(C)c1F. The van der Waals surface area contributed by atoms with Crippen LogP contribution in [0.3, 0.4) is 0 Å². The normalized spacial score (nSPS) is 10.1. The van der Waals surface area contributed by atoms with Gasteiger partial charge in [-0.25, -0.2) is 4.39 Å². The first kappa shape index (κ1) is 8.05. The lowest BCUT2D eigenvalue weighted by atomic mass is 10.1. The Labute approximate surface area is 65.5 Å². The first-order valence-corrected chi connectivity index (χ1v) is 3.63. The number of phenolic OH excluding ortho intramolecular Hbond substituents is 1. The van der Waals surface area contributed by atoms with Gasteiger partial charge in [0, 0.05) is 0 Å². The van der Waals surface area contributed by atoms with E-state index in [-0.39, 0.29) is 11.6 Å². The van der Waals surface area contributed by atoms with Gasteiger partial charge in [-0.15, -0.1) is 0 Å². The number of aryl methyl sites for hydroxylation is 2. The monoisotopic (exact) mass is 154 g/mol. The summed E-state index contributed by atoms with van der Waals surface area (Å²) in [5.74, 6) is -0.0638. The maximum atomic E-state index is 13.1. The van der Waals surface area contributed by atoms with Crippen molar-refractivity contribution in [1.82, 2.24) is 0 Å². The molecule has 0 fully saturated rings. The average Bonchev–Trinajstić information content (AvgIpc) is 1.96. The Balaban J connectivity index is 3.24. The highest BCUT2D eigenvalue weighted by Crippen LogP contribution is 2.19. The number of rotatable bonds is 1. The molecular weight excluding hydrogens is 143 g/mol. The molecule has 11 heavy (non-hydrogen) atoms. The van der Waals surface area contributed by atoms with E-state index < -0.39 is 0 Å². The predicted octanol–water partition coefficient (Wildman–Crippen LogP) is 2.40. The fraction of sp³-hybridized carbons (Fsp3) is 0.333. The van der Waals surface area contributed by atoms with Gasteiger partial charge in [-0.1, -0.05) is 6.92 Å². The van der Waals surface area contributed by atoms with Crippen molar-refractivity contribution in [2.75, 3.05) is 0 Å². The van der Waals surface area contributed by atoms with Gasteiger partial charge in [-0.05, 0) is 36.6 Å². The minimum Gasteiger partial charge on any atom is -0.508 e. The maximum Gasteiger partial charge on any atom is 0.129 e. The highest BCUT2D eigenvalue weighted by Gasteiger charge is 2.04. The molecule has 1 N–H and O–H groups in total. The zero-order chi connectivity index (χ0) is 8.43. The molecule has 0 aromatic heterocycles. The zero-order valence-corrected chi connectivity index (χ0v) is 6.69. The summed E-state index contributed by atoms with van der Waals surface area (Å²) in [6.45, 7) is 3.51. The number of hydrogen-bond donors (Lipinski definition) is 1. The molecule has 0 spiro atoms. The predicted molar refractivity (Wildman–Crippen MR) is 42.2 cm³/mol. The molecule has 0 unspecified atom stereocenters. The molecule has 1 aromatic carbocycles. The summed E-state index contributed by atoms with van der Waals surface area (Å²) in [7, 11) is 0. The van der Waals surface area contributed by atoms with Gasteiger partial charge >= 0.3 is 0 Å². The number of halogens is 1. The summed E-state index contributed by atoms with van der Waals surface area (Å²) in [5.41, 5.74) is 1.07. The summed E-state index contributed by atoms with van der Waals surface area (Å²) in [6.07, 6.45) is 0.612. The molecule has 0 amide bonds. The number of aromatic hydroxyl groups is 1. The Hall–Kier alpha value is -1.05. The molecule has 1 rings (SSSR count). The Morgan fingerprint density at radius 3 is 2.64 bits per heavy atom. The fourth-order valence-electron chi connectivity index (χ4n) is 1.08. The van der Waals surface area contributed by atoms with Crippen LogP contribution in [-0.2, 0) is 6.42 Å². The molecule has 0 radical (unpaired) electrons. The van der Waals surface area contributed by atoms with Crippen molar-refractivity contribution < 1.29 is 9.50 Å². The Morgan fingerprint density at radius 2 is 2.09 bits per heavy atom. The second kappa shape index (κ2) is 2.91. The second-order valence-corrected chi connectivity index (χ2v) is 2.59. The van der Waals surface area contributed by atoms with Crippen molar-refractivity contribution in [3.8, 4) is 5.75 Å².